The second-order valence-corrected chi connectivity index (χ2v) is 3.08. The first-order valence-electron chi connectivity index (χ1n) is 3.97. The number of carboxylic acid groups (broad SMARTS) is 2. The maximum absolute atomic E-state index is 9.62. The summed E-state index contributed by atoms with van der Waals surface area (Å²) in [7, 11) is 0. The Hall–Kier alpha value is -0.957. The topological polar surface area (TPSA) is 80.3 Å². The number of carbonyl (C=O) groups is 2. The fraction of sp³-hybridized carbons (Fsp3) is 0.400. The zero-order chi connectivity index (χ0) is 11.7. The minimum atomic E-state index is -1.12. The Balaban J connectivity index is -0.000000180. The van der Waals surface area contributed by atoms with Gasteiger partial charge in [0, 0.05) is 0 Å². The monoisotopic (exact) mass is 262 g/mol. The Kier molecular flexibility index (Phi) is 14.5. The van der Waals surface area contributed by atoms with Crippen molar-refractivity contribution >= 4 is 11.9 Å². The Morgan fingerprint density at radius 2 is 1.00 bits per heavy atom. The average Bonchev–Trinajstić information content (AvgIpc) is 1.79. The van der Waals surface area contributed by atoms with Gasteiger partial charge in [-0.1, -0.05) is 11.1 Å². The molecule has 0 bridgehead atoms. The van der Waals surface area contributed by atoms with Crippen LogP contribution in [-0.2, 0) is 29.1 Å². The number of hydrogen-bond donors (Lipinski definition) is 0. The number of carboxylic acids is 2. The van der Waals surface area contributed by atoms with Crippen molar-refractivity contribution in [1.29, 1.82) is 0 Å². The fourth-order valence-corrected chi connectivity index (χ4v) is 0.471. The number of hydrogen-bond acceptors (Lipinski definition) is 4. The van der Waals surface area contributed by atoms with Crippen LogP contribution in [0.25, 0.3) is 0 Å². The predicted octanol–water partition coefficient (Wildman–Crippen LogP) is -0.598. The van der Waals surface area contributed by atoms with E-state index in [1.165, 1.54) is 0 Å². The van der Waals surface area contributed by atoms with Crippen molar-refractivity contribution in [3.63, 3.8) is 0 Å². The molecular formula is C10H14O4Zn. The van der Waals surface area contributed by atoms with Crippen LogP contribution in [0.1, 0.15) is 27.7 Å². The van der Waals surface area contributed by atoms with Crippen LogP contribution in [0, 0.1) is 0 Å². The third kappa shape index (κ3) is 32.1. The van der Waals surface area contributed by atoms with Crippen molar-refractivity contribution in [2.24, 2.45) is 0 Å². The van der Waals surface area contributed by atoms with Crippen molar-refractivity contribution in [2.75, 3.05) is 0 Å². The summed E-state index contributed by atoms with van der Waals surface area (Å²) in [5.41, 5.74) is 1.50. The van der Waals surface area contributed by atoms with Crippen LogP contribution in [-0.4, -0.2) is 11.9 Å². The van der Waals surface area contributed by atoms with Gasteiger partial charge < -0.3 is 19.8 Å². The van der Waals surface area contributed by atoms with Crippen LogP contribution in [0.15, 0.2) is 23.3 Å². The SMILES string of the molecule is CC(C)=CC(=O)[O-].CC(C)=CC(=O)[O-].[Zn+2]. The van der Waals surface area contributed by atoms with Crippen LogP contribution >= 0.6 is 0 Å². The Morgan fingerprint density at radius 3 is 1.00 bits per heavy atom. The first-order chi connectivity index (χ1) is 6.25. The summed E-state index contributed by atoms with van der Waals surface area (Å²) in [6, 6.07) is 0. The molecule has 0 aliphatic carbocycles. The Morgan fingerprint density at radius 1 is 0.800 bits per heavy atom. The molecule has 0 unspecified atom stereocenters. The molecule has 0 aromatic heterocycles. The molecule has 0 aromatic rings. The largest absolute Gasteiger partial charge is 2.00 e. The molecule has 0 aliphatic heterocycles. The quantitative estimate of drug-likeness (QED) is 0.492. The van der Waals surface area contributed by atoms with Gasteiger partial charge in [0.25, 0.3) is 0 Å². The van der Waals surface area contributed by atoms with Gasteiger partial charge in [-0.2, -0.15) is 0 Å². The number of rotatable bonds is 2. The Bertz CT molecular complexity index is 231. The van der Waals surface area contributed by atoms with E-state index in [0.29, 0.717) is 0 Å². The molecule has 0 radical (unpaired) electrons. The maximum atomic E-state index is 9.62. The minimum Gasteiger partial charge on any atom is -0.545 e. The molecule has 0 saturated heterocycles. The Labute approximate surface area is 102 Å². The first kappa shape index (κ1) is 19.6. The van der Waals surface area contributed by atoms with E-state index in [1.54, 1.807) is 27.7 Å². The summed E-state index contributed by atoms with van der Waals surface area (Å²) in [6.45, 7) is 6.82. The standard InChI is InChI=1S/2C5H8O2.Zn/c2*1-4(2)3-5(6)7;/h2*3H,1-2H3,(H,6,7);/q;;+2/p-2. The van der Waals surface area contributed by atoms with Gasteiger partial charge in [-0.25, -0.2) is 0 Å². The molecule has 0 spiro atoms. The third-order valence-corrected chi connectivity index (χ3v) is 0.813. The average molecular weight is 264 g/mol. The summed E-state index contributed by atoms with van der Waals surface area (Å²) >= 11 is 0. The van der Waals surface area contributed by atoms with Gasteiger partial charge >= 0.3 is 19.5 Å². The molecular weight excluding hydrogens is 249 g/mol. The van der Waals surface area contributed by atoms with E-state index in [2.05, 4.69) is 0 Å². The van der Waals surface area contributed by atoms with Crippen molar-refractivity contribution in [3.05, 3.63) is 23.3 Å². The van der Waals surface area contributed by atoms with Crippen molar-refractivity contribution in [1.82, 2.24) is 0 Å². The molecule has 0 N–H and O–H groups in total. The van der Waals surface area contributed by atoms with Crippen LogP contribution in [0.2, 0.25) is 0 Å². The molecule has 15 heavy (non-hydrogen) atoms. The smallest absolute Gasteiger partial charge is 0.545 e. The van der Waals surface area contributed by atoms with E-state index in [-0.39, 0.29) is 19.5 Å². The first-order valence-corrected chi connectivity index (χ1v) is 3.97. The molecule has 0 saturated carbocycles. The van der Waals surface area contributed by atoms with Crippen LogP contribution in [0.5, 0.6) is 0 Å². The van der Waals surface area contributed by atoms with Crippen LogP contribution in [0.4, 0.5) is 0 Å². The molecule has 4 nitrogen and oxygen atoms in total. The molecule has 80 valence electrons. The van der Waals surface area contributed by atoms with E-state index in [4.69, 9.17) is 0 Å². The summed E-state index contributed by atoms with van der Waals surface area (Å²) in [6.07, 6.45) is 2.11. The second kappa shape index (κ2) is 11.1. The summed E-state index contributed by atoms with van der Waals surface area (Å²) < 4.78 is 0. The minimum absolute atomic E-state index is 0. The summed E-state index contributed by atoms with van der Waals surface area (Å²) in [5, 5.41) is 19.2. The predicted molar refractivity (Wildman–Crippen MR) is 48.9 cm³/mol. The summed E-state index contributed by atoms with van der Waals surface area (Å²) in [4.78, 5) is 19.2. The van der Waals surface area contributed by atoms with Crippen LogP contribution in [0.3, 0.4) is 0 Å². The number of allylic oxidation sites excluding steroid dienone is 2. The normalized spacial score (nSPS) is 7.20. The van der Waals surface area contributed by atoms with E-state index in [9.17, 15) is 19.8 Å². The van der Waals surface area contributed by atoms with Gasteiger partial charge in [0.05, 0.1) is 11.9 Å². The van der Waals surface area contributed by atoms with Gasteiger partial charge in [-0.3, -0.25) is 0 Å². The summed E-state index contributed by atoms with van der Waals surface area (Å²) in [5.74, 6) is -2.25. The fourth-order valence-electron chi connectivity index (χ4n) is 0.471. The number of carbonyl (C=O) groups excluding carboxylic acids is 2. The molecule has 0 rings (SSSR count). The zero-order valence-electron chi connectivity index (χ0n) is 9.49. The maximum Gasteiger partial charge on any atom is 2.00 e. The van der Waals surface area contributed by atoms with Gasteiger partial charge in [0.15, 0.2) is 0 Å². The second-order valence-electron chi connectivity index (χ2n) is 3.08. The van der Waals surface area contributed by atoms with Crippen molar-refractivity contribution in [2.45, 2.75) is 27.7 Å². The molecule has 0 amide bonds. The van der Waals surface area contributed by atoms with Crippen LogP contribution < -0.4 is 10.2 Å². The van der Waals surface area contributed by atoms with E-state index >= 15 is 0 Å². The van der Waals surface area contributed by atoms with E-state index in [0.717, 1.165) is 23.3 Å². The van der Waals surface area contributed by atoms with Crippen molar-refractivity contribution in [3.8, 4) is 0 Å². The van der Waals surface area contributed by atoms with Crippen molar-refractivity contribution < 1.29 is 39.3 Å². The molecule has 0 aromatic carbocycles. The van der Waals surface area contributed by atoms with Gasteiger partial charge in [-0.05, 0) is 39.8 Å². The molecule has 0 fully saturated rings. The molecule has 5 heteroatoms. The molecule has 0 aliphatic rings. The molecule has 0 atom stereocenters. The van der Waals surface area contributed by atoms with Gasteiger partial charge in [0.1, 0.15) is 0 Å². The van der Waals surface area contributed by atoms with Gasteiger partial charge in [-0.15, -0.1) is 0 Å². The third-order valence-electron chi connectivity index (χ3n) is 0.813. The zero-order valence-corrected chi connectivity index (χ0v) is 12.5. The van der Waals surface area contributed by atoms with E-state index in [1.807, 2.05) is 0 Å². The number of aliphatic carboxylic acids is 2. The van der Waals surface area contributed by atoms with E-state index < -0.39 is 11.9 Å². The van der Waals surface area contributed by atoms with Gasteiger partial charge in [0.2, 0.25) is 0 Å². The molecule has 0 heterocycles.